The van der Waals surface area contributed by atoms with Crippen molar-refractivity contribution in [2.45, 2.75) is 13.5 Å². The van der Waals surface area contributed by atoms with E-state index in [9.17, 15) is 18.7 Å². The number of hydrogen-bond acceptors (Lipinski definition) is 4. The number of carboxylic acid groups (broad SMARTS) is 1. The van der Waals surface area contributed by atoms with Gasteiger partial charge in [-0.25, -0.2) is 18.6 Å². The van der Waals surface area contributed by atoms with Crippen molar-refractivity contribution >= 4 is 5.97 Å². The van der Waals surface area contributed by atoms with Crippen LogP contribution in [0.15, 0.2) is 72.8 Å². The summed E-state index contributed by atoms with van der Waals surface area (Å²) in [5.74, 6) is -3.39. The van der Waals surface area contributed by atoms with E-state index in [-0.39, 0.29) is 16.8 Å². The van der Waals surface area contributed by atoms with Crippen LogP contribution in [0.5, 0.6) is 11.6 Å². The van der Waals surface area contributed by atoms with Crippen molar-refractivity contribution in [3.63, 3.8) is 0 Å². The second-order valence-electron chi connectivity index (χ2n) is 7.50. The SMILES string of the molecule is Cc1cc(Oc2nc(-c3ccccc3C(=O)O)c(F)cc2F)cc(-c2cccc(CN)c2)c1. The van der Waals surface area contributed by atoms with E-state index < -0.39 is 23.5 Å². The molecule has 0 saturated carbocycles. The van der Waals surface area contributed by atoms with Crippen LogP contribution in [0.3, 0.4) is 0 Å². The van der Waals surface area contributed by atoms with Gasteiger partial charge in [0.05, 0.1) is 5.56 Å². The molecule has 7 heteroatoms. The van der Waals surface area contributed by atoms with Crippen LogP contribution in [0.2, 0.25) is 0 Å². The zero-order valence-electron chi connectivity index (χ0n) is 17.7. The largest absolute Gasteiger partial charge is 0.478 e. The van der Waals surface area contributed by atoms with Gasteiger partial charge in [0.1, 0.15) is 11.4 Å². The Balaban J connectivity index is 1.75. The summed E-state index contributed by atoms with van der Waals surface area (Å²) >= 11 is 0. The van der Waals surface area contributed by atoms with Crippen LogP contribution in [-0.2, 0) is 6.54 Å². The molecule has 0 aliphatic carbocycles. The van der Waals surface area contributed by atoms with E-state index in [2.05, 4.69) is 4.98 Å². The number of pyridine rings is 1. The van der Waals surface area contributed by atoms with Crippen LogP contribution in [-0.4, -0.2) is 16.1 Å². The Bertz CT molecular complexity index is 1360. The number of carbonyl (C=O) groups is 1. The van der Waals surface area contributed by atoms with Gasteiger partial charge in [0.2, 0.25) is 0 Å². The Kier molecular flexibility index (Phi) is 6.15. The van der Waals surface area contributed by atoms with Crippen molar-refractivity contribution in [3.8, 4) is 34.0 Å². The average Bonchev–Trinajstić information content (AvgIpc) is 2.80. The van der Waals surface area contributed by atoms with Crippen LogP contribution in [0, 0.1) is 18.6 Å². The average molecular weight is 446 g/mol. The van der Waals surface area contributed by atoms with Crippen LogP contribution < -0.4 is 10.5 Å². The number of halogens is 2. The number of carboxylic acids is 1. The van der Waals surface area contributed by atoms with Crippen molar-refractivity contribution in [1.29, 1.82) is 0 Å². The van der Waals surface area contributed by atoms with E-state index in [4.69, 9.17) is 10.5 Å². The predicted octanol–water partition coefficient (Wildman–Crippen LogP) is 5.95. The van der Waals surface area contributed by atoms with E-state index in [0.29, 0.717) is 18.4 Å². The van der Waals surface area contributed by atoms with Gasteiger partial charge < -0.3 is 15.6 Å². The van der Waals surface area contributed by atoms with E-state index in [1.54, 1.807) is 18.2 Å². The lowest BCUT2D eigenvalue weighted by molar-refractivity contribution is 0.0697. The zero-order valence-corrected chi connectivity index (χ0v) is 17.7. The molecule has 166 valence electrons. The highest BCUT2D eigenvalue weighted by molar-refractivity contribution is 5.95. The summed E-state index contributed by atoms with van der Waals surface area (Å²) in [5, 5.41) is 9.42. The van der Waals surface area contributed by atoms with Crippen molar-refractivity contribution in [3.05, 3.63) is 101 Å². The fourth-order valence-electron chi connectivity index (χ4n) is 3.55. The summed E-state index contributed by atoms with van der Waals surface area (Å²) in [6.07, 6.45) is 0. The molecule has 4 aromatic rings. The molecule has 0 aliphatic rings. The van der Waals surface area contributed by atoms with Gasteiger partial charge in [0, 0.05) is 18.2 Å². The maximum absolute atomic E-state index is 14.6. The highest BCUT2D eigenvalue weighted by atomic mass is 19.1. The Labute approximate surface area is 189 Å². The first-order chi connectivity index (χ1) is 15.9. The molecule has 1 heterocycles. The molecule has 0 radical (unpaired) electrons. The van der Waals surface area contributed by atoms with Gasteiger partial charge in [-0.05, 0) is 53.4 Å². The molecule has 0 bridgehead atoms. The second kappa shape index (κ2) is 9.18. The minimum absolute atomic E-state index is 0.0240. The smallest absolute Gasteiger partial charge is 0.336 e. The summed E-state index contributed by atoms with van der Waals surface area (Å²) in [6.45, 7) is 2.26. The van der Waals surface area contributed by atoms with E-state index in [1.807, 2.05) is 37.3 Å². The maximum atomic E-state index is 14.6. The van der Waals surface area contributed by atoms with Crippen LogP contribution in [0.25, 0.3) is 22.4 Å². The monoisotopic (exact) mass is 446 g/mol. The number of rotatable bonds is 6. The van der Waals surface area contributed by atoms with E-state index in [0.717, 1.165) is 22.3 Å². The van der Waals surface area contributed by atoms with Crippen LogP contribution >= 0.6 is 0 Å². The third kappa shape index (κ3) is 4.73. The van der Waals surface area contributed by atoms with Gasteiger partial charge in [-0.15, -0.1) is 0 Å². The maximum Gasteiger partial charge on any atom is 0.336 e. The van der Waals surface area contributed by atoms with Crippen LogP contribution in [0.4, 0.5) is 8.78 Å². The minimum Gasteiger partial charge on any atom is -0.478 e. The molecule has 0 amide bonds. The lowest BCUT2D eigenvalue weighted by Gasteiger charge is -2.13. The number of hydrogen-bond donors (Lipinski definition) is 2. The molecule has 3 N–H and O–H groups in total. The molecule has 33 heavy (non-hydrogen) atoms. The molecule has 0 aliphatic heterocycles. The third-order valence-electron chi connectivity index (χ3n) is 5.07. The number of ether oxygens (including phenoxy) is 1. The molecule has 0 spiro atoms. The predicted molar refractivity (Wildman–Crippen MR) is 121 cm³/mol. The van der Waals surface area contributed by atoms with Crippen molar-refractivity contribution < 1.29 is 23.4 Å². The molecule has 4 rings (SSSR count). The number of benzene rings is 3. The van der Waals surface area contributed by atoms with Gasteiger partial charge in [-0.2, -0.15) is 0 Å². The molecule has 1 aromatic heterocycles. The fourth-order valence-corrected chi connectivity index (χ4v) is 3.55. The van der Waals surface area contributed by atoms with E-state index >= 15 is 0 Å². The Morgan fingerprint density at radius 3 is 2.52 bits per heavy atom. The first-order valence-corrected chi connectivity index (χ1v) is 10.1. The minimum atomic E-state index is -1.25. The number of nitrogens with two attached hydrogens (primary N) is 1. The molecule has 0 unspecified atom stereocenters. The molecule has 3 aromatic carbocycles. The van der Waals surface area contributed by atoms with Gasteiger partial charge in [-0.3, -0.25) is 0 Å². The Hall–Kier alpha value is -4.10. The van der Waals surface area contributed by atoms with E-state index in [1.165, 1.54) is 18.2 Å². The first-order valence-electron chi connectivity index (χ1n) is 10.1. The first kappa shape index (κ1) is 22.1. The molecule has 0 fully saturated rings. The highest BCUT2D eigenvalue weighted by Crippen LogP contribution is 2.33. The number of aromatic nitrogens is 1. The number of aromatic carboxylic acids is 1. The molecule has 0 saturated heterocycles. The van der Waals surface area contributed by atoms with Gasteiger partial charge in [0.15, 0.2) is 11.6 Å². The third-order valence-corrected chi connectivity index (χ3v) is 5.07. The number of nitrogens with zero attached hydrogens (tertiary/aromatic N) is 1. The second-order valence-corrected chi connectivity index (χ2v) is 7.50. The summed E-state index contributed by atoms with van der Waals surface area (Å²) < 4.78 is 34.8. The Morgan fingerprint density at radius 2 is 1.76 bits per heavy atom. The van der Waals surface area contributed by atoms with Crippen LogP contribution in [0.1, 0.15) is 21.5 Å². The normalized spacial score (nSPS) is 10.8. The molecule has 0 atom stereocenters. The fraction of sp³-hybridized carbons (Fsp3) is 0.0769. The van der Waals surface area contributed by atoms with Gasteiger partial charge in [-0.1, -0.05) is 42.5 Å². The lowest BCUT2D eigenvalue weighted by Crippen LogP contribution is -2.03. The summed E-state index contributed by atoms with van der Waals surface area (Å²) in [5.41, 5.74) is 8.86. The molecular weight excluding hydrogens is 426 g/mol. The number of aryl methyl sites for hydroxylation is 1. The van der Waals surface area contributed by atoms with Crippen molar-refractivity contribution in [2.24, 2.45) is 5.73 Å². The van der Waals surface area contributed by atoms with Gasteiger partial charge in [0.25, 0.3) is 5.88 Å². The summed E-state index contributed by atoms with van der Waals surface area (Å²) in [4.78, 5) is 15.5. The Morgan fingerprint density at radius 1 is 0.970 bits per heavy atom. The lowest BCUT2D eigenvalue weighted by atomic mass is 10.0. The quantitative estimate of drug-likeness (QED) is 0.382. The van der Waals surface area contributed by atoms with Crippen molar-refractivity contribution in [1.82, 2.24) is 4.98 Å². The van der Waals surface area contributed by atoms with Crippen molar-refractivity contribution in [2.75, 3.05) is 0 Å². The standard InChI is InChI=1S/C26H20F2N2O3/c1-15-9-18(17-6-4-5-16(11-17)14-29)12-19(10-15)33-25-23(28)13-22(27)24(30-25)20-7-2-3-8-21(20)26(31)32/h2-13H,14,29H2,1H3,(H,31,32). The summed E-state index contributed by atoms with van der Waals surface area (Å²) in [6, 6.07) is 19.5. The molecular formula is C26H20F2N2O3. The highest BCUT2D eigenvalue weighted by Gasteiger charge is 2.20. The zero-order chi connectivity index (χ0) is 23.5. The molecule has 5 nitrogen and oxygen atoms in total. The topological polar surface area (TPSA) is 85.4 Å². The van der Waals surface area contributed by atoms with Gasteiger partial charge >= 0.3 is 5.97 Å². The summed E-state index contributed by atoms with van der Waals surface area (Å²) in [7, 11) is 0.